The normalized spacial score (nSPS) is 9.74. The van der Waals surface area contributed by atoms with Crippen LogP contribution < -0.4 is 10.6 Å². The van der Waals surface area contributed by atoms with Gasteiger partial charge in [0.15, 0.2) is 0 Å². The first-order chi connectivity index (χ1) is 9.28. The summed E-state index contributed by atoms with van der Waals surface area (Å²) >= 11 is 0. The molecular formula is C14H15N5. The molecule has 2 N–H and O–H groups in total. The number of hydrogen-bond acceptors (Lipinski definition) is 5. The summed E-state index contributed by atoms with van der Waals surface area (Å²) in [6, 6.07) is 9.42. The molecule has 0 spiro atoms. The third-order valence-corrected chi connectivity index (χ3v) is 2.79. The van der Waals surface area contributed by atoms with Gasteiger partial charge < -0.3 is 10.6 Å². The quantitative estimate of drug-likeness (QED) is 0.876. The smallest absolute Gasteiger partial charge is 0.139 e. The number of nitrogens with one attached hydrogen (secondary N) is 2. The van der Waals surface area contributed by atoms with E-state index in [1.54, 1.807) is 12.1 Å². The molecular weight excluding hydrogens is 238 g/mol. The summed E-state index contributed by atoms with van der Waals surface area (Å²) in [6.45, 7) is 2.05. The molecule has 1 aromatic carbocycles. The van der Waals surface area contributed by atoms with Crippen LogP contribution in [-0.2, 0) is 6.42 Å². The van der Waals surface area contributed by atoms with Gasteiger partial charge in [-0.1, -0.05) is 13.0 Å². The van der Waals surface area contributed by atoms with E-state index in [0.717, 1.165) is 29.3 Å². The van der Waals surface area contributed by atoms with Crippen molar-refractivity contribution in [2.45, 2.75) is 13.3 Å². The molecule has 96 valence electrons. The van der Waals surface area contributed by atoms with Crippen LogP contribution in [0.5, 0.6) is 0 Å². The molecule has 0 unspecified atom stereocenters. The second-order valence-corrected chi connectivity index (χ2v) is 3.97. The Morgan fingerprint density at radius 2 is 2.05 bits per heavy atom. The molecule has 0 bridgehead atoms. The van der Waals surface area contributed by atoms with Crippen molar-refractivity contribution in [2.24, 2.45) is 0 Å². The third-order valence-electron chi connectivity index (χ3n) is 2.79. The summed E-state index contributed by atoms with van der Waals surface area (Å²) in [4.78, 5) is 8.45. The highest BCUT2D eigenvalue weighted by Crippen LogP contribution is 2.23. The Morgan fingerprint density at radius 1 is 1.26 bits per heavy atom. The molecule has 0 atom stereocenters. The van der Waals surface area contributed by atoms with Crippen LogP contribution in [0.1, 0.15) is 18.1 Å². The van der Waals surface area contributed by atoms with Crippen LogP contribution in [0.2, 0.25) is 0 Å². The van der Waals surface area contributed by atoms with Crippen molar-refractivity contribution < 1.29 is 0 Å². The predicted octanol–water partition coefficient (Wildman–Crippen LogP) is 2.70. The van der Waals surface area contributed by atoms with Gasteiger partial charge in [-0.05, 0) is 24.6 Å². The van der Waals surface area contributed by atoms with E-state index in [0.29, 0.717) is 5.56 Å². The van der Waals surface area contributed by atoms with Crippen LogP contribution in [0.25, 0.3) is 0 Å². The molecule has 0 saturated heterocycles. The van der Waals surface area contributed by atoms with Gasteiger partial charge in [-0.15, -0.1) is 0 Å². The minimum absolute atomic E-state index is 0.617. The highest BCUT2D eigenvalue weighted by atomic mass is 15.1. The maximum Gasteiger partial charge on any atom is 0.139 e. The highest BCUT2D eigenvalue weighted by Gasteiger charge is 2.08. The fourth-order valence-corrected chi connectivity index (χ4v) is 1.87. The van der Waals surface area contributed by atoms with E-state index in [1.807, 2.05) is 19.2 Å². The van der Waals surface area contributed by atoms with Crippen molar-refractivity contribution >= 4 is 17.3 Å². The average molecular weight is 253 g/mol. The van der Waals surface area contributed by atoms with E-state index in [2.05, 4.69) is 33.6 Å². The van der Waals surface area contributed by atoms with Gasteiger partial charge in [0.2, 0.25) is 0 Å². The lowest BCUT2D eigenvalue weighted by Gasteiger charge is -2.12. The summed E-state index contributed by atoms with van der Waals surface area (Å²) in [5.74, 6) is 1.58. The molecule has 0 radical (unpaired) electrons. The first kappa shape index (κ1) is 12.8. The Balaban J connectivity index is 2.35. The fourth-order valence-electron chi connectivity index (χ4n) is 1.87. The van der Waals surface area contributed by atoms with Crippen molar-refractivity contribution in [1.29, 1.82) is 5.26 Å². The summed E-state index contributed by atoms with van der Waals surface area (Å²) in [5.41, 5.74) is 2.48. The number of hydrogen-bond donors (Lipinski definition) is 2. The Kier molecular flexibility index (Phi) is 3.94. The zero-order chi connectivity index (χ0) is 13.7. The van der Waals surface area contributed by atoms with E-state index < -0.39 is 0 Å². The molecule has 2 rings (SSSR count). The van der Waals surface area contributed by atoms with Crippen molar-refractivity contribution in [3.63, 3.8) is 0 Å². The van der Waals surface area contributed by atoms with Crippen LogP contribution in [-0.4, -0.2) is 17.0 Å². The summed E-state index contributed by atoms with van der Waals surface area (Å²) in [6.07, 6.45) is 2.33. The van der Waals surface area contributed by atoms with Gasteiger partial charge in [-0.25, -0.2) is 9.97 Å². The molecule has 19 heavy (non-hydrogen) atoms. The lowest BCUT2D eigenvalue weighted by molar-refractivity contribution is 1.05. The van der Waals surface area contributed by atoms with E-state index >= 15 is 0 Å². The van der Waals surface area contributed by atoms with Crippen LogP contribution in [0.3, 0.4) is 0 Å². The maximum atomic E-state index is 8.90. The lowest BCUT2D eigenvalue weighted by atomic mass is 10.2. The van der Waals surface area contributed by atoms with Crippen LogP contribution >= 0.6 is 0 Å². The molecule has 5 heteroatoms. The van der Waals surface area contributed by atoms with Gasteiger partial charge in [0.25, 0.3) is 0 Å². The first-order valence-corrected chi connectivity index (χ1v) is 6.07. The Hall–Kier alpha value is -2.61. The van der Waals surface area contributed by atoms with Gasteiger partial charge in [-0.3, -0.25) is 0 Å². The Morgan fingerprint density at radius 3 is 2.74 bits per heavy atom. The number of nitrogens with zero attached hydrogens (tertiary/aromatic N) is 3. The fraction of sp³-hybridized carbons (Fsp3) is 0.214. The first-order valence-electron chi connectivity index (χ1n) is 6.07. The highest BCUT2D eigenvalue weighted by molar-refractivity contribution is 5.65. The summed E-state index contributed by atoms with van der Waals surface area (Å²) in [5, 5.41) is 15.2. The van der Waals surface area contributed by atoms with E-state index in [1.165, 1.54) is 6.33 Å². The molecule has 0 aliphatic carbocycles. The summed E-state index contributed by atoms with van der Waals surface area (Å²) in [7, 11) is 1.83. The van der Waals surface area contributed by atoms with Crippen LogP contribution in [0.4, 0.5) is 17.3 Å². The average Bonchev–Trinajstić information content (AvgIpc) is 2.47. The number of aromatic nitrogens is 2. The molecule has 0 aliphatic heterocycles. The van der Waals surface area contributed by atoms with Gasteiger partial charge >= 0.3 is 0 Å². The molecule has 0 saturated carbocycles. The zero-order valence-corrected chi connectivity index (χ0v) is 10.9. The van der Waals surface area contributed by atoms with Gasteiger partial charge in [-0.2, -0.15) is 5.26 Å². The Labute approximate surface area is 112 Å². The predicted molar refractivity (Wildman–Crippen MR) is 75.4 cm³/mol. The van der Waals surface area contributed by atoms with Crippen molar-refractivity contribution in [3.8, 4) is 6.07 Å². The molecule has 0 amide bonds. The zero-order valence-electron chi connectivity index (χ0n) is 10.9. The number of nitriles is 1. The van der Waals surface area contributed by atoms with Gasteiger partial charge in [0, 0.05) is 18.3 Å². The largest absolute Gasteiger partial charge is 0.373 e. The SMILES string of the molecule is CCc1c(NC)ncnc1Nc1cccc(C#N)c1. The minimum Gasteiger partial charge on any atom is -0.373 e. The number of rotatable bonds is 4. The second kappa shape index (κ2) is 5.83. The van der Waals surface area contributed by atoms with E-state index in [4.69, 9.17) is 5.26 Å². The molecule has 2 aromatic rings. The molecule has 0 fully saturated rings. The molecule has 0 aliphatic rings. The number of benzene rings is 1. The number of anilines is 3. The summed E-state index contributed by atoms with van der Waals surface area (Å²) < 4.78 is 0. The maximum absolute atomic E-state index is 8.90. The Bertz CT molecular complexity index is 615. The topological polar surface area (TPSA) is 73.6 Å². The van der Waals surface area contributed by atoms with E-state index in [9.17, 15) is 0 Å². The van der Waals surface area contributed by atoms with Crippen molar-refractivity contribution in [3.05, 3.63) is 41.7 Å². The van der Waals surface area contributed by atoms with Gasteiger partial charge in [0.1, 0.15) is 18.0 Å². The molecule has 1 heterocycles. The van der Waals surface area contributed by atoms with Crippen molar-refractivity contribution in [1.82, 2.24) is 9.97 Å². The third kappa shape index (κ3) is 2.80. The van der Waals surface area contributed by atoms with E-state index in [-0.39, 0.29) is 0 Å². The van der Waals surface area contributed by atoms with Crippen molar-refractivity contribution in [2.75, 3.05) is 17.7 Å². The molecule has 1 aromatic heterocycles. The minimum atomic E-state index is 0.617. The van der Waals surface area contributed by atoms with Crippen LogP contribution in [0, 0.1) is 11.3 Å². The molecule has 5 nitrogen and oxygen atoms in total. The lowest BCUT2D eigenvalue weighted by Crippen LogP contribution is -2.04. The van der Waals surface area contributed by atoms with Gasteiger partial charge in [0.05, 0.1) is 11.6 Å². The second-order valence-electron chi connectivity index (χ2n) is 3.97. The van der Waals surface area contributed by atoms with Crippen LogP contribution in [0.15, 0.2) is 30.6 Å². The monoisotopic (exact) mass is 253 g/mol. The standard InChI is InChI=1S/C14H15N5/c1-3-12-13(16-2)17-9-18-14(12)19-11-6-4-5-10(7-11)8-15/h4-7,9H,3H2,1-2H3,(H2,16,17,18,19).